The van der Waals surface area contributed by atoms with Crippen LogP contribution in [0.25, 0.3) is 0 Å². The predicted molar refractivity (Wildman–Crippen MR) is 108 cm³/mol. The van der Waals surface area contributed by atoms with Gasteiger partial charge in [0.1, 0.15) is 17.1 Å². The SMILES string of the molecule is COc1ccc(N2CCN(C(=O)c3cccc(C(=O)NC(C)C)n3)CC2)cc1. The third-order valence-corrected chi connectivity index (χ3v) is 4.63. The summed E-state index contributed by atoms with van der Waals surface area (Å²) in [6.45, 7) is 6.46. The van der Waals surface area contributed by atoms with E-state index in [1.165, 1.54) is 0 Å². The van der Waals surface area contributed by atoms with Gasteiger partial charge in [-0.15, -0.1) is 0 Å². The summed E-state index contributed by atoms with van der Waals surface area (Å²) >= 11 is 0. The van der Waals surface area contributed by atoms with Gasteiger partial charge in [0.15, 0.2) is 0 Å². The van der Waals surface area contributed by atoms with Crippen LogP contribution in [0.1, 0.15) is 34.8 Å². The molecule has 0 spiro atoms. The lowest BCUT2D eigenvalue weighted by molar-refractivity contribution is 0.0740. The number of ether oxygens (including phenoxy) is 1. The standard InChI is InChI=1S/C21H26N4O3/c1-15(2)22-20(26)18-5-4-6-19(23-18)21(27)25-13-11-24(12-14-25)16-7-9-17(28-3)10-8-16/h4-10,15H,11-14H2,1-3H3,(H,22,26). The van der Waals surface area contributed by atoms with E-state index < -0.39 is 0 Å². The van der Waals surface area contributed by atoms with Gasteiger partial charge in [0, 0.05) is 37.9 Å². The number of hydrogen-bond acceptors (Lipinski definition) is 5. The van der Waals surface area contributed by atoms with Crippen LogP contribution in [0.4, 0.5) is 5.69 Å². The number of carbonyl (C=O) groups is 2. The van der Waals surface area contributed by atoms with Crippen molar-refractivity contribution >= 4 is 17.5 Å². The average molecular weight is 382 g/mol. The minimum absolute atomic E-state index is 0.0136. The average Bonchev–Trinajstić information content (AvgIpc) is 2.73. The molecule has 2 amide bonds. The fraction of sp³-hybridized carbons (Fsp3) is 0.381. The Bertz CT molecular complexity index is 828. The molecule has 148 valence electrons. The van der Waals surface area contributed by atoms with Crippen molar-refractivity contribution in [3.8, 4) is 5.75 Å². The summed E-state index contributed by atoms with van der Waals surface area (Å²) in [6, 6.07) is 12.9. The Morgan fingerprint density at radius 2 is 1.64 bits per heavy atom. The van der Waals surface area contributed by atoms with Crippen LogP contribution in [0.3, 0.4) is 0 Å². The van der Waals surface area contributed by atoms with Gasteiger partial charge in [-0.25, -0.2) is 4.98 Å². The lowest BCUT2D eigenvalue weighted by atomic mass is 10.2. The van der Waals surface area contributed by atoms with Crippen LogP contribution in [-0.4, -0.2) is 61.0 Å². The molecule has 2 aromatic rings. The van der Waals surface area contributed by atoms with Crippen LogP contribution < -0.4 is 15.0 Å². The van der Waals surface area contributed by atoms with E-state index in [1.807, 2.05) is 38.1 Å². The number of anilines is 1. The zero-order valence-corrected chi connectivity index (χ0v) is 16.5. The van der Waals surface area contributed by atoms with Crippen LogP contribution in [-0.2, 0) is 0 Å². The lowest BCUT2D eigenvalue weighted by Gasteiger charge is -2.36. The molecular formula is C21H26N4O3. The van der Waals surface area contributed by atoms with Gasteiger partial charge in [-0.2, -0.15) is 0 Å². The fourth-order valence-electron chi connectivity index (χ4n) is 3.14. The van der Waals surface area contributed by atoms with Crippen LogP contribution in [0.15, 0.2) is 42.5 Å². The number of hydrogen-bond donors (Lipinski definition) is 1. The third kappa shape index (κ3) is 4.60. The number of carbonyl (C=O) groups excluding carboxylic acids is 2. The van der Waals surface area contributed by atoms with Gasteiger partial charge in [-0.1, -0.05) is 6.07 Å². The Labute approximate surface area is 165 Å². The highest BCUT2D eigenvalue weighted by molar-refractivity contribution is 5.96. The highest BCUT2D eigenvalue weighted by Gasteiger charge is 2.24. The summed E-state index contributed by atoms with van der Waals surface area (Å²) in [6.07, 6.45) is 0. The van der Waals surface area contributed by atoms with E-state index in [1.54, 1.807) is 30.2 Å². The first-order chi connectivity index (χ1) is 13.5. The number of nitrogens with zero attached hydrogens (tertiary/aromatic N) is 3. The maximum Gasteiger partial charge on any atom is 0.272 e. The van der Waals surface area contributed by atoms with E-state index in [0.29, 0.717) is 18.8 Å². The van der Waals surface area contributed by atoms with Gasteiger partial charge in [0.25, 0.3) is 11.8 Å². The van der Waals surface area contributed by atoms with E-state index in [-0.39, 0.29) is 23.6 Å². The van der Waals surface area contributed by atoms with Crippen molar-refractivity contribution in [1.29, 1.82) is 0 Å². The molecular weight excluding hydrogens is 356 g/mol. The van der Waals surface area contributed by atoms with Gasteiger partial charge < -0.3 is 19.9 Å². The molecule has 1 saturated heterocycles. The Kier molecular flexibility index (Phi) is 6.13. The summed E-state index contributed by atoms with van der Waals surface area (Å²) in [7, 11) is 1.65. The maximum atomic E-state index is 12.8. The molecule has 0 radical (unpaired) electrons. The van der Waals surface area contributed by atoms with Gasteiger partial charge in [-0.05, 0) is 50.2 Å². The van der Waals surface area contributed by atoms with Gasteiger partial charge in [0.05, 0.1) is 7.11 Å². The van der Waals surface area contributed by atoms with Crippen molar-refractivity contribution in [2.75, 3.05) is 38.2 Å². The van der Waals surface area contributed by atoms with Crippen molar-refractivity contribution in [3.05, 3.63) is 53.9 Å². The van der Waals surface area contributed by atoms with Crippen molar-refractivity contribution in [2.24, 2.45) is 0 Å². The first kappa shape index (κ1) is 19.7. The Balaban J connectivity index is 1.62. The summed E-state index contributed by atoms with van der Waals surface area (Å²) in [5, 5.41) is 2.79. The minimum atomic E-state index is -0.269. The van der Waals surface area contributed by atoms with Gasteiger partial charge in [0.2, 0.25) is 0 Å². The molecule has 0 saturated carbocycles. The number of aromatic nitrogens is 1. The molecule has 1 aromatic carbocycles. The van der Waals surface area contributed by atoms with Gasteiger partial charge in [-0.3, -0.25) is 9.59 Å². The van der Waals surface area contributed by atoms with Crippen LogP contribution >= 0.6 is 0 Å². The summed E-state index contributed by atoms with van der Waals surface area (Å²) in [5.74, 6) is 0.410. The molecule has 7 heteroatoms. The van der Waals surface area contributed by atoms with E-state index in [0.717, 1.165) is 24.5 Å². The first-order valence-electron chi connectivity index (χ1n) is 9.44. The van der Waals surface area contributed by atoms with Crippen LogP contribution in [0, 0.1) is 0 Å². The van der Waals surface area contributed by atoms with E-state index in [9.17, 15) is 9.59 Å². The quantitative estimate of drug-likeness (QED) is 0.858. The molecule has 3 rings (SSSR count). The molecule has 0 atom stereocenters. The predicted octanol–water partition coefficient (Wildman–Crippen LogP) is 2.19. The van der Waals surface area contributed by atoms with Crippen LogP contribution in [0.2, 0.25) is 0 Å². The zero-order chi connectivity index (χ0) is 20.1. The molecule has 28 heavy (non-hydrogen) atoms. The molecule has 0 unspecified atom stereocenters. The lowest BCUT2D eigenvalue weighted by Crippen LogP contribution is -2.49. The molecule has 1 N–H and O–H groups in total. The smallest absolute Gasteiger partial charge is 0.272 e. The van der Waals surface area contributed by atoms with Crippen molar-refractivity contribution in [3.63, 3.8) is 0 Å². The molecule has 1 fully saturated rings. The number of methoxy groups -OCH3 is 1. The summed E-state index contributed by atoms with van der Waals surface area (Å²) in [5.41, 5.74) is 1.67. The topological polar surface area (TPSA) is 74.8 Å². The van der Waals surface area contributed by atoms with Gasteiger partial charge >= 0.3 is 0 Å². The molecule has 0 bridgehead atoms. The van der Waals surface area contributed by atoms with E-state index >= 15 is 0 Å². The van der Waals surface area contributed by atoms with Crippen molar-refractivity contribution in [2.45, 2.75) is 19.9 Å². The molecule has 7 nitrogen and oxygen atoms in total. The zero-order valence-electron chi connectivity index (χ0n) is 16.5. The highest BCUT2D eigenvalue weighted by Crippen LogP contribution is 2.21. The summed E-state index contributed by atoms with van der Waals surface area (Å²) in [4.78, 5) is 33.2. The molecule has 0 aliphatic carbocycles. The highest BCUT2D eigenvalue weighted by atomic mass is 16.5. The normalized spacial score (nSPS) is 14.1. The Morgan fingerprint density at radius 1 is 1.00 bits per heavy atom. The number of piperazine rings is 1. The van der Waals surface area contributed by atoms with E-state index in [4.69, 9.17) is 4.74 Å². The van der Waals surface area contributed by atoms with Crippen molar-refractivity contribution < 1.29 is 14.3 Å². The number of pyridine rings is 1. The second-order valence-electron chi connectivity index (χ2n) is 7.01. The number of benzene rings is 1. The monoisotopic (exact) mass is 382 g/mol. The third-order valence-electron chi connectivity index (χ3n) is 4.63. The molecule has 1 aliphatic rings. The molecule has 1 aliphatic heterocycles. The largest absolute Gasteiger partial charge is 0.497 e. The number of rotatable bonds is 5. The second-order valence-corrected chi connectivity index (χ2v) is 7.01. The number of amides is 2. The second kappa shape index (κ2) is 8.73. The first-order valence-corrected chi connectivity index (χ1v) is 9.44. The Hall–Kier alpha value is -3.09. The van der Waals surface area contributed by atoms with E-state index in [2.05, 4.69) is 15.2 Å². The Morgan fingerprint density at radius 3 is 2.25 bits per heavy atom. The van der Waals surface area contributed by atoms with Crippen LogP contribution in [0.5, 0.6) is 5.75 Å². The minimum Gasteiger partial charge on any atom is -0.497 e. The number of nitrogens with one attached hydrogen (secondary N) is 1. The molecule has 1 aromatic heterocycles. The maximum absolute atomic E-state index is 12.8. The molecule has 2 heterocycles. The summed E-state index contributed by atoms with van der Waals surface area (Å²) < 4.78 is 5.19. The van der Waals surface area contributed by atoms with Crippen molar-refractivity contribution in [1.82, 2.24) is 15.2 Å². The fourth-order valence-corrected chi connectivity index (χ4v) is 3.14.